The van der Waals surface area contributed by atoms with Gasteiger partial charge in [0.05, 0.1) is 0 Å². The van der Waals surface area contributed by atoms with E-state index in [-0.39, 0.29) is 63.1 Å². The molecule has 2 rings (SSSR count). The molecule has 0 spiro atoms. The van der Waals surface area contributed by atoms with E-state index in [0.29, 0.717) is 0 Å². The maximum absolute atomic E-state index is 13.7. The summed E-state index contributed by atoms with van der Waals surface area (Å²) in [6.07, 6.45) is 0. The summed E-state index contributed by atoms with van der Waals surface area (Å²) in [4.78, 5) is 0. The minimum atomic E-state index is -0.750. The van der Waals surface area contributed by atoms with E-state index in [1.807, 2.05) is 19.1 Å². The summed E-state index contributed by atoms with van der Waals surface area (Å²) in [5.74, 6) is -0.145. The average molecular weight is 577 g/mol. The predicted octanol–water partition coefficient (Wildman–Crippen LogP) is 7.20. The fourth-order valence-electron chi connectivity index (χ4n) is 4.09. The third-order valence-electron chi connectivity index (χ3n) is 6.52. The topological polar surface area (TPSA) is 97.7 Å². The zero-order chi connectivity index (χ0) is 29.5. The molecule has 0 aliphatic carbocycles. The van der Waals surface area contributed by atoms with Crippen LogP contribution in [0, 0.1) is 0 Å². The summed E-state index contributed by atoms with van der Waals surface area (Å²) in [6.45, 7) is 32.5. The van der Waals surface area contributed by atoms with Gasteiger partial charge in [-0.3, -0.25) is 0 Å². The van der Waals surface area contributed by atoms with E-state index in [1.54, 1.807) is 20.8 Å². The van der Waals surface area contributed by atoms with Gasteiger partial charge in [-0.25, -0.2) is 0 Å². The van der Waals surface area contributed by atoms with E-state index in [4.69, 9.17) is 0 Å². The molecule has 0 amide bonds. The Balaban J connectivity index is 0. The van der Waals surface area contributed by atoms with Gasteiger partial charge in [0.1, 0.15) is 0 Å². The van der Waals surface area contributed by atoms with Gasteiger partial charge >= 0.3 is 0 Å². The summed E-state index contributed by atoms with van der Waals surface area (Å²) in [5, 5.41) is 37.5. The second kappa shape index (κ2) is 13.0. The molecule has 0 aliphatic heterocycles. The molecule has 1 radical (unpaired) electrons. The average Bonchev–Trinajstić information content (AvgIpc) is 2.62. The molecule has 2 aromatic carbocycles. The van der Waals surface area contributed by atoms with Crippen molar-refractivity contribution >= 4 is 0 Å². The third-order valence-corrected chi connectivity index (χ3v) is 6.52. The molecule has 223 valence electrons. The molecule has 0 saturated carbocycles. The van der Waals surface area contributed by atoms with Crippen LogP contribution in [0.15, 0.2) is 24.3 Å². The van der Waals surface area contributed by atoms with Crippen molar-refractivity contribution in [3.8, 4) is 11.5 Å². The Kier molecular flexibility index (Phi) is 13.3. The summed E-state index contributed by atoms with van der Waals surface area (Å²) in [5.41, 5.74) is 3.91. The monoisotopic (exact) mass is 576 g/mol. The molecule has 0 bridgehead atoms. The van der Waals surface area contributed by atoms with Crippen molar-refractivity contribution in [2.75, 3.05) is 0 Å². The maximum atomic E-state index is 13.7. The zero-order valence-corrected chi connectivity index (χ0v) is 28.9. The SMILES string of the molecule is CC(C)(C)[O-].CC(c1cc(C(C)(C)C)cc(C(C)(C)C)c1[O-])c1cc(C(C)(C)C)cc(C(C)(C)C)c1[O-].[O-2].[V]. The van der Waals surface area contributed by atoms with Gasteiger partial charge in [-0.05, 0) is 55.0 Å². The molecule has 0 saturated heterocycles. The van der Waals surface area contributed by atoms with E-state index in [1.165, 1.54) is 0 Å². The van der Waals surface area contributed by atoms with Crippen molar-refractivity contribution in [2.45, 2.75) is 144 Å². The van der Waals surface area contributed by atoms with Crippen LogP contribution in [-0.2, 0) is 45.7 Å². The van der Waals surface area contributed by atoms with Crippen molar-refractivity contribution < 1.29 is 39.4 Å². The molecule has 5 heteroatoms. The number of hydrogen-bond donors (Lipinski definition) is 0. The number of benzene rings is 2. The molecule has 0 heterocycles. The van der Waals surface area contributed by atoms with E-state index in [2.05, 4.69) is 95.2 Å². The van der Waals surface area contributed by atoms with Crippen molar-refractivity contribution in [2.24, 2.45) is 0 Å². The first-order chi connectivity index (χ1) is 16.2. The smallest absolute Gasteiger partial charge is 0.00493 e. The Bertz CT molecular complexity index is 996. The van der Waals surface area contributed by atoms with Crippen LogP contribution in [0.25, 0.3) is 0 Å². The number of rotatable bonds is 2. The Morgan fingerprint density at radius 3 is 0.923 bits per heavy atom. The summed E-state index contributed by atoms with van der Waals surface area (Å²) in [7, 11) is 0. The molecular formula is C34H53O4V-5. The van der Waals surface area contributed by atoms with Crippen molar-refractivity contribution in [1.29, 1.82) is 0 Å². The molecule has 0 N–H and O–H groups in total. The molecule has 0 aliphatic rings. The molecule has 0 fully saturated rings. The fraction of sp³-hybridized carbons (Fsp3) is 0.647. The van der Waals surface area contributed by atoms with Gasteiger partial charge in [0.15, 0.2) is 0 Å². The Labute approximate surface area is 251 Å². The van der Waals surface area contributed by atoms with Crippen LogP contribution in [0.2, 0.25) is 0 Å². The summed E-state index contributed by atoms with van der Waals surface area (Å²) < 4.78 is 0. The van der Waals surface area contributed by atoms with Crippen LogP contribution < -0.4 is 15.3 Å². The zero-order valence-electron chi connectivity index (χ0n) is 27.5. The van der Waals surface area contributed by atoms with E-state index in [0.717, 1.165) is 33.4 Å². The second-order valence-electron chi connectivity index (χ2n) is 15.7. The van der Waals surface area contributed by atoms with Crippen LogP contribution in [-0.4, -0.2) is 5.60 Å². The maximum Gasteiger partial charge on any atom is 0.00493 e. The first-order valence-corrected chi connectivity index (χ1v) is 13.6. The van der Waals surface area contributed by atoms with Gasteiger partial charge in [0, 0.05) is 24.5 Å². The van der Waals surface area contributed by atoms with Crippen LogP contribution >= 0.6 is 0 Å². The minimum absolute atomic E-state index is 0. The van der Waals surface area contributed by atoms with E-state index in [9.17, 15) is 15.3 Å². The van der Waals surface area contributed by atoms with Gasteiger partial charge in [-0.2, -0.15) is 0 Å². The molecule has 4 nitrogen and oxygen atoms in total. The van der Waals surface area contributed by atoms with Crippen molar-refractivity contribution in [3.05, 3.63) is 57.6 Å². The molecule has 39 heavy (non-hydrogen) atoms. The van der Waals surface area contributed by atoms with Gasteiger partial charge in [0.25, 0.3) is 0 Å². The van der Waals surface area contributed by atoms with Crippen molar-refractivity contribution in [1.82, 2.24) is 0 Å². The molecule has 0 unspecified atom stereocenters. The molecule has 0 aromatic heterocycles. The summed E-state index contributed by atoms with van der Waals surface area (Å²) in [6, 6.07) is 8.23. The summed E-state index contributed by atoms with van der Waals surface area (Å²) >= 11 is 0. The van der Waals surface area contributed by atoms with Gasteiger partial charge in [-0.1, -0.05) is 135 Å². The standard InChI is InChI=1S/C30H46O2.C4H9O.O.V/c1-18(21-14-19(27(2,3)4)16-23(25(21)31)29(8,9)10)22-15-20(28(5,6)7)17-24(26(22)32)30(11,12)13;1-4(2,3)5;;/h14-18,31-32H,1-13H3;1-3H3;;/q;-1;-2;/p-2. The molecule has 0 atom stereocenters. The third kappa shape index (κ3) is 11.1. The molecule has 2 aromatic rings. The predicted molar refractivity (Wildman–Crippen MR) is 155 cm³/mol. The second-order valence-corrected chi connectivity index (χ2v) is 15.7. The van der Waals surface area contributed by atoms with Crippen molar-refractivity contribution in [3.63, 3.8) is 0 Å². The van der Waals surface area contributed by atoms with Crippen LogP contribution in [0.1, 0.15) is 150 Å². The quantitative estimate of drug-likeness (QED) is 0.378. The normalized spacial score (nSPS) is 12.8. The molecular weight excluding hydrogens is 523 g/mol. The van der Waals surface area contributed by atoms with Crippen LogP contribution in [0.3, 0.4) is 0 Å². The fourth-order valence-corrected chi connectivity index (χ4v) is 4.09. The Morgan fingerprint density at radius 1 is 0.513 bits per heavy atom. The van der Waals surface area contributed by atoms with Crippen LogP contribution in [0.4, 0.5) is 0 Å². The van der Waals surface area contributed by atoms with Crippen LogP contribution in [0.5, 0.6) is 11.5 Å². The van der Waals surface area contributed by atoms with Gasteiger partial charge in [0.2, 0.25) is 0 Å². The van der Waals surface area contributed by atoms with Gasteiger partial charge in [-0.15, -0.1) is 17.1 Å². The van der Waals surface area contributed by atoms with Gasteiger partial charge < -0.3 is 20.8 Å². The first kappa shape index (κ1) is 39.7. The van der Waals surface area contributed by atoms with E-state index < -0.39 is 5.60 Å². The Hall–Kier alpha value is -1.46. The first-order valence-electron chi connectivity index (χ1n) is 13.6. The Morgan fingerprint density at radius 2 is 0.744 bits per heavy atom. The number of hydrogen-bond acceptors (Lipinski definition) is 3. The largest absolute Gasteiger partial charge is 2.00 e. The van der Waals surface area contributed by atoms with E-state index >= 15 is 0 Å². The minimum Gasteiger partial charge on any atom is -2.00 e.